The number of nitrogen functional groups attached to an aromatic ring is 1. The van der Waals surface area contributed by atoms with E-state index in [0.29, 0.717) is 0 Å². The van der Waals surface area contributed by atoms with Gasteiger partial charge in [-0.05, 0) is 0 Å². The molecule has 0 spiro atoms. The molecule has 0 saturated heterocycles. The van der Waals surface area contributed by atoms with Crippen molar-refractivity contribution < 1.29 is 18.6 Å². The summed E-state index contributed by atoms with van der Waals surface area (Å²) in [7, 11) is 1.17. The van der Waals surface area contributed by atoms with Crippen LogP contribution in [0.15, 0.2) is 6.07 Å². The summed E-state index contributed by atoms with van der Waals surface area (Å²) in [6.45, 7) is 0. The van der Waals surface area contributed by atoms with Crippen molar-refractivity contribution in [1.82, 2.24) is 0 Å². The van der Waals surface area contributed by atoms with Crippen molar-refractivity contribution in [2.75, 3.05) is 12.8 Å². The number of nitrogens with two attached hydrogens (primary N) is 1. The minimum atomic E-state index is -1.40. The zero-order chi connectivity index (χ0) is 9.30. The number of hydrogen-bond donors (Lipinski definition) is 2. The van der Waals surface area contributed by atoms with Gasteiger partial charge in [-0.1, -0.05) is 0 Å². The van der Waals surface area contributed by atoms with Crippen LogP contribution in [-0.4, -0.2) is 12.2 Å². The van der Waals surface area contributed by atoms with E-state index in [-0.39, 0.29) is 11.4 Å². The van der Waals surface area contributed by atoms with Gasteiger partial charge in [0, 0.05) is 6.07 Å². The Hall–Kier alpha value is -1.52. The maximum atomic E-state index is 12.7. The molecule has 0 saturated carbocycles. The molecular formula is C7H7F2NO2. The van der Waals surface area contributed by atoms with Gasteiger partial charge in [0.25, 0.3) is 0 Å². The fourth-order valence-corrected chi connectivity index (χ4v) is 0.760. The predicted molar refractivity (Wildman–Crippen MR) is 39.0 cm³/mol. The standard InChI is InChI=1S/C7H7F2NO2/c1-12-4-2-3(10)7(11)6(9)5(4)8/h2,11H,10H2,1H3. The SMILES string of the molecule is COc1cc(N)c(O)c(F)c1F. The average Bonchev–Trinajstić information content (AvgIpc) is 2.08. The van der Waals surface area contributed by atoms with Crippen LogP contribution in [0.3, 0.4) is 0 Å². The van der Waals surface area contributed by atoms with Crippen LogP contribution >= 0.6 is 0 Å². The molecule has 5 heteroatoms. The summed E-state index contributed by atoms with van der Waals surface area (Å²) >= 11 is 0. The molecule has 1 aromatic rings. The Bertz CT molecular complexity index is 315. The first kappa shape index (κ1) is 8.58. The van der Waals surface area contributed by atoms with Crippen molar-refractivity contribution in [3.05, 3.63) is 17.7 Å². The summed E-state index contributed by atoms with van der Waals surface area (Å²) in [6, 6.07) is 1.01. The normalized spacial score (nSPS) is 9.92. The van der Waals surface area contributed by atoms with Gasteiger partial charge in [-0.25, -0.2) is 0 Å². The summed E-state index contributed by atoms with van der Waals surface area (Å²) < 4.78 is 29.8. The predicted octanol–water partition coefficient (Wildman–Crippen LogP) is 1.26. The van der Waals surface area contributed by atoms with Gasteiger partial charge in [0.2, 0.25) is 11.6 Å². The number of hydrogen-bond acceptors (Lipinski definition) is 3. The van der Waals surface area contributed by atoms with E-state index in [9.17, 15) is 8.78 Å². The fourth-order valence-electron chi connectivity index (χ4n) is 0.760. The molecular weight excluding hydrogens is 168 g/mol. The number of methoxy groups -OCH3 is 1. The van der Waals surface area contributed by atoms with Crippen molar-refractivity contribution in [2.24, 2.45) is 0 Å². The van der Waals surface area contributed by atoms with Gasteiger partial charge >= 0.3 is 0 Å². The van der Waals surface area contributed by atoms with Crippen LogP contribution in [0.4, 0.5) is 14.5 Å². The van der Waals surface area contributed by atoms with Gasteiger partial charge in [0.15, 0.2) is 11.5 Å². The molecule has 0 bridgehead atoms. The van der Waals surface area contributed by atoms with Gasteiger partial charge in [-0.3, -0.25) is 0 Å². The number of rotatable bonds is 1. The number of phenols is 1. The second kappa shape index (κ2) is 2.84. The first-order valence-electron chi connectivity index (χ1n) is 3.08. The molecule has 0 fully saturated rings. The lowest BCUT2D eigenvalue weighted by Gasteiger charge is -2.05. The summed E-state index contributed by atoms with van der Waals surface area (Å²) in [6.07, 6.45) is 0. The molecule has 0 unspecified atom stereocenters. The third-order valence-corrected chi connectivity index (χ3v) is 1.40. The molecule has 0 radical (unpaired) electrons. The zero-order valence-electron chi connectivity index (χ0n) is 6.27. The molecule has 0 aromatic heterocycles. The number of ether oxygens (including phenoxy) is 1. The van der Waals surface area contributed by atoms with Crippen molar-refractivity contribution in [1.29, 1.82) is 0 Å². The van der Waals surface area contributed by atoms with Gasteiger partial charge in [0.1, 0.15) is 0 Å². The maximum absolute atomic E-state index is 12.7. The Kier molecular flexibility index (Phi) is 2.03. The van der Waals surface area contributed by atoms with E-state index in [1.807, 2.05) is 0 Å². The van der Waals surface area contributed by atoms with Crippen LogP contribution in [0.2, 0.25) is 0 Å². The second-order valence-corrected chi connectivity index (χ2v) is 2.14. The molecule has 1 aromatic carbocycles. The van der Waals surface area contributed by atoms with Gasteiger partial charge < -0.3 is 15.6 Å². The summed E-state index contributed by atoms with van der Waals surface area (Å²) in [5, 5.41) is 8.81. The van der Waals surface area contributed by atoms with Crippen LogP contribution in [-0.2, 0) is 0 Å². The molecule has 0 amide bonds. The number of phenolic OH excluding ortho intramolecular Hbond substituents is 1. The maximum Gasteiger partial charge on any atom is 0.206 e. The van der Waals surface area contributed by atoms with E-state index in [2.05, 4.69) is 4.74 Å². The van der Waals surface area contributed by atoms with Gasteiger partial charge in [-0.15, -0.1) is 0 Å². The van der Waals surface area contributed by atoms with E-state index in [1.165, 1.54) is 7.11 Å². The van der Waals surface area contributed by atoms with Gasteiger partial charge in [0.05, 0.1) is 12.8 Å². The van der Waals surface area contributed by atoms with Crippen LogP contribution in [0.1, 0.15) is 0 Å². The zero-order valence-corrected chi connectivity index (χ0v) is 6.27. The molecule has 0 aliphatic carbocycles. The smallest absolute Gasteiger partial charge is 0.206 e. The second-order valence-electron chi connectivity index (χ2n) is 2.14. The highest BCUT2D eigenvalue weighted by atomic mass is 19.2. The Labute approximate surface area is 67.4 Å². The molecule has 1 rings (SSSR count). The van der Waals surface area contributed by atoms with E-state index in [1.54, 1.807) is 0 Å². The molecule has 0 atom stereocenters. The lowest BCUT2D eigenvalue weighted by molar-refractivity contribution is 0.356. The number of benzene rings is 1. The average molecular weight is 175 g/mol. The quantitative estimate of drug-likeness (QED) is 0.499. The van der Waals surface area contributed by atoms with E-state index >= 15 is 0 Å². The first-order valence-corrected chi connectivity index (χ1v) is 3.08. The largest absolute Gasteiger partial charge is 0.503 e. The first-order chi connectivity index (χ1) is 5.57. The van der Waals surface area contributed by atoms with Gasteiger partial charge in [-0.2, -0.15) is 8.78 Å². The monoisotopic (exact) mass is 175 g/mol. The van der Waals surface area contributed by atoms with Crippen LogP contribution in [0.5, 0.6) is 11.5 Å². The van der Waals surface area contributed by atoms with E-state index in [4.69, 9.17) is 10.8 Å². The van der Waals surface area contributed by atoms with Crippen LogP contribution in [0.25, 0.3) is 0 Å². The Morgan fingerprint density at radius 2 is 2.00 bits per heavy atom. The Morgan fingerprint density at radius 1 is 1.42 bits per heavy atom. The molecule has 66 valence electrons. The third-order valence-electron chi connectivity index (χ3n) is 1.40. The van der Waals surface area contributed by atoms with Crippen molar-refractivity contribution in [3.63, 3.8) is 0 Å². The number of halogens is 2. The van der Waals surface area contributed by atoms with E-state index < -0.39 is 17.4 Å². The van der Waals surface area contributed by atoms with Crippen LogP contribution in [0, 0.1) is 11.6 Å². The third kappa shape index (κ3) is 1.13. The summed E-state index contributed by atoms with van der Waals surface area (Å²) in [4.78, 5) is 0. The highest BCUT2D eigenvalue weighted by Crippen LogP contribution is 2.32. The van der Waals surface area contributed by atoms with Crippen molar-refractivity contribution >= 4 is 5.69 Å². The summed E-state index contributed by atoms with van der Waals surface area (Å²) in [5.41, 5.74) is 4.87. The minimum Gasteiger partial charge on any atom is -0.503 e. The lowest BCUT2D eigenvalue weighted by atomic mass is 10.2. The molecule has 0 heterocycles. The molecule has 3 N–H and O–H groups in total. The van der Waals surface area contributed by atoms with Crippen molar-refractivity contribution in [3.8, 4) is 11.5 Å². The molecule has 0 aliphatic rings. The topological polar surface area (TPSA) is 55.5 Å². The summed E-state index contributed by atoms with van der Waals surface area (Å²) in [5.74, 6) is -3.87. The molecule has 12 heavy (non-hydrogen) atoms. The lowest BCUT2D eigenvalue weighted by Crippen LogP contribution is -1.96. The number of aromatic hydroxyl groups is 1. The highest BCUT2D eigenvalue weighted by Gasteiger charge is 2.16. The van der Waals surface area contributed by atoms with Crippen LogP contribution < -0.4 is 10.5 Å². The van der Waals surface area contributed by atoms with Crippen molar-refractivity contribution in [2.45, 2.75) is 0 Å². The van der Waals surface area contributed by atoms with E-state index in [0.717, 1.165) is 6.07 Å². The Balaban J connectivity index is 3.39. The molecule has 3 nitrogen and oxygen atoms in total. The fraction of sp³-hybridized carbons (Fsp3) is 0.143. The highest BCUT2D eigenvalue weighted by molar-refractivity contribution is 5.56. The number of anilines is 1. The minimum absolute atomic E-state index is 0.259. The molecule has 0 aliphatic heterocycles. The Morgan fingerprint density at radius 3 is 2.50 bits per heavy atom.